The van der Waals surface area contributed by atoms with Crippen LogP contribution in [-0.4, -0.2) is 29.3 Å². The molecule has 100 valence electrons. The molecule has 1 heterocycles. The summed E-state index contributed by atoms with van der Waals surface area (Å²) in [5.74, 6) is -2.76. The van der Waals surface area contributed by atoms with Gasteiger partial charge in [0, 0.05) is 12.1 Å². The van der Waals surface area contributed by atoms with E-state index in [1.165, 1.54) is 45.1 Å². The Morgan fingerprint density at radius 3 is 2.00 bits per heavy atom. The van der Waals surface area contributed by atoms with E-state index in [0.717, 1.165) is 0 Å². The fourth-order valence-corrected chi connectivity index (χ4v) is 2.22. The number of hydrazine groups is 1. The van der Waals surface area contributed by atoms with Crippen molar-refractivity contribution in [2.45, 2.75) is 50.2 Å². The summed E-state index contributed by atoms with van der Waals surface area (Å²) in [7, 11) is 0. The zero-order valence-corrected chi connectivity index (χ0v) is 9.44. The highest BCUT2D eigenvalue weighted by atomic mass is 19.4. The van der Waals surface area contributed by atoms with Gasteiger partial charge in [0.05, 0.1) is 0 Å². The van der Waals surface area contributed by atoms with Crippen molar-refractivity contribution in [1.29, 1.82) is 0 Å². The van der Waals surface area contributed by atoms with Gasteiger partial charge in [0.1, 0.15) is 0 Å². The Hall–Kier alpha value is -0.820. The molecule has 0 aromatic heterocycles. The molecule has 4 nitrogen and oxygen atoms in total. The molecule has 1 saturated carbocycles. The Bertz CT molecular complexity index is 255. The fourth-order valence-electron chi connectivity index (χ4n) is 2.22. The van der Waals surface area contributed by atoms with Gasteiger partial charge in [-0.1, -0.05) is 19.3 Å². The Kier molecular flexibility index (Phi) is 4.76. The van der Waals surface area contributed by atoms with Crippen LogP contribution in [0.3, 0.4) is 0 Å². The van der Waals surface area contributed by atoms with Crippen molar-refractivity contribution in [1.82, 2.24) is 10.9 Å². The third kappa shape index (κ3) is 4.51. The minimum atomic E-state index is -5.08. The van der Waals surface area contributed by atoms with E-state index < -0.39 is 12.1 Å². The maximum Gasteiger partial charge on any atom is 0.490 e. The van der Waals surface area contributed by atoms with E-state index in [1.54, 1.807) is 0 Å². The van der Waals surface area contributed by atoms with Gasteiger partial charge in [0.25, 0.3) is 0 Å². The summed E-state index contributed by atoms with van der Waals surface area (Å²) in [5, 5.41) is 7.12. The molecule has 0 amide bonds. The molecular formula is C10H17F3N2O2. The lowest BCUT2D eigenvalue weighted by Crippen LogP contribution is -2.44. The molecule has 0 atom stereocenters. The normalized spacial score (nSPS) is 23.0. The van der Waals surface area contributed by atoms with E-state index in [2.05, 4.69) is 10.9 Å². The lowest BCUT2D eigenvalue weighted by molar-refractivity contribution is -0.192. The quantitative estimate of drug-likeness (QED) is 0.617. The molecule has 0 aromatic carbocycles. The molecular weight excluding hydrogens is 237 g/mol. The van der Waals surface area contributed by atoms with Gasteiger partial charge in [-0.05, 0) is 19.3 Å². The van der Waals surface area contributed by atoms with Gasteiger partial charge in [-0.2, -0.15) is 13.2 Å². The number of carbonyl (C=O) groups is 1. The Balaban J connectivity index is 0.000000185. The molecule has 2 fully saturated rings. The summed E-state index contributed by atoms with van der Waals surface area (Å²) in [6.45, 7) is 1.17. The highest BCUT2D eigenvalue weighted by molar-refractivity contribution is 5.73. The third-order valence-electron chi connectivity index (χ3n) is 3.14. The van der Waals surface area contributed by atoms with E-state index >= 15 is 0 Å². The molecule has 1 aliphatic carbocycles. The number of hydrogen-bond donors (Lipinski definition) is 3. The van der Waals surface area contributed by atoms with Crippen molar-refractivity contribution in [2.24, 2.45) is 0 Å². The predicted octanol–water partition coefficient (Wildman–Crippen LogP) is 1.82. The van der Waals surface area contributed by atoms with Gasteiger partial charge in [0.15, 0.2) is 0 Å². The monoisotopic (exact) mass is 254 g/mol. The summed E-state index contributed by atoms with van der Waals surface area (Å²) in [6.07, 6.45) is 3.33. The van der Waals surface area contributed by atoms with Crippen molar-refractivity contribution >= 4 is 5.97 Å². The molecule has 1 aliphatic heterocycles. The van der Waals surface area contributed by atoms with Crippen LogP contribution in [0.25, 0.3) is 0 Å². The maximum absolute atomic E-state index is 10.6. The van der Waals surface area contributed by atoms with E-state index in [-0.39, 0.29) is 0 Å². The Morgan fingerprint density at radius 2 is 1.65 bits per heavy atom. The third-order valence-corrected chi connectivity index (χ3v) is 3.14. The molecule has 17 heavy (non-hydrogen) atoms. The first kappa shape index (κ1) is 14.2. The zero-order chi connectivity index (χ0) is 12.9. The number of halogens is 3. The van der Waals surface area contributed by atoms with Gasteiger partial charge >= 0.3 is 12.1 Å². The smallest absolute Gasteiger partial charge is 0.475 e. The van der Waals surface area contributed by atoms with Crippen LogP contribution in [0.4, 0.5) is 13.2 Å². The number of carboxylic acid groups (broad SMARTS) is 1. The number of carboxylic acids is 1. The van der Waals surface area contributed by atoms with Crippen LogP contribution >= 0.6 is 0 Å². The molecule has 0 aromatic rings. The topological polar surface area (TPSA) is 61.4 Å². The van der Waals surface area contributed by atoms with E-state index in [0.29, 0.717) is 5.54 Å². The number of nitrogens with one attached hydrogen (secondary N) is 2. The van der Waals surface area contributed by atoms with Gasteiger partial charge in [0.2, 0.25) is 0 Å². The van der Waals surface area contributed by atoms with E-state index in [1.807, 2.05) is 0 Å². The van der Waals surface area contributed by atoms with Crippen LogP contribution in [-0.2, 0) is 4.79 Å². The van der Waals surface area contributed by atoms with Crippen LogP contribution in [0.1, 0.15) is 38.5 Å². The van der Waals surface area contributed by atoms with Crippen LogP contribution in [0.5, 0.6) is 0 Å². The number of rotatable bonds is 0. The molecule has 7 heteroatoms. The first-order valence-electron chi connectivity index (χ1n) is 5.66. The molecule has 3 N–H and O–H groups in total. The molecule has 2 rings (SSSR count). The maximum atomic E-state index is 10.6. The first-order chi connectivity index (χ1) is 7.86. The van der Waals surface area contributed by atoms with Gasteiger partial charge < -0.3 is 5.11 Å². The second-order valence-electron chi connectivity index (χ2n) is 4.45. The second-order valence-corrected chi connectivity index (χ2v) is 4.45. The van der Waals surface area contributed by atoms with Crippen molar-refractivity contribution in [3.05, 3.63) is 0 Å². The van der Waals surface area contributed by atoms with Crippen LogP contribution in [0.2, 0.25) is 0 Å². The number of alkyl halides is 3. The van der Waals surface area contributed by atoms with Gasteiger partial charge in [-0.25, -0.2) is 4.79 Å². The first-order valence-corrected chi connectivity index (χ1v) is 5.66. The lowest BCUT2D eigenvalue weighted by Gasteiger charge is -2.32. The summed E-state index contributed by atoms with van der Waals surface area (Å²) < 4.78 is 31.7. The van der Waals surface area contributed by atoms with Crippen molar-refractivity contribution in [3.8, 4) is 0 Å². The highest BCUT2D eigenvalue weighted by Crippen LogP contribution is 2.31. The fraction of sp³-hybridized carbons (Fsp3) is 0.900. The Labute approximate surface area is 97.5 Å². The predicted molar refractivity (Wildman–Crippen MR) is 55.3 cm³/mol. The second kappa shape index (κ2) is 5.68. The largest absolute Gasteiger partial charge is 0.490 e. The standard InChI is InChI=1S/C8H16N2.C2HF3O2/c1-2-4-8(5-3-1)6-7-9-10-8;3-2(4,5)1(6)7/h9-10H,1-7H2;(H,6,7). The molecule has 1 spiro atoms. The summed E-state index contributed by atoms with van der Waals surface area (Å²) >= 11 is 0. The summed E-state index contributed by atoms with van der Waals surface area (Å²) in [4.78, 5) is 8.90. The number of hydrogen-bond acceptors (Lipinski definition) is 3. The minimum Gasteiger partial charge on any atom is -0.475 e. The van der Waals surface area contributed by atoms with Gasteiger partial charge in [-0.15, -0.1) is 0 Å². The average Bonchev–Trinajstić information content (AvgIpc) is 2.67. The number of aliphatic carboxylic acids is 1. The summed E-state index contributed by atoms with van der Waals surface area (Å²) in [6, 6.07) is 0. The lowest BCUT2D eigenvalue weighted by atomic mass is 9.81. The molecule has 1 saturated heterocycles. The zero-order valence-electron chi connectivity index (χ0n) is 9.44. The molecule has 0 bridgehead atoms. The van der Waals surface area contributed by atoms with E-state index in [4.69, 9.17) is 9.90 Å². The Morgan fingerprint density at radius 1 is 1.12 bits per heavy atom. The molecule has 0 radical (unpaired) electrons. The van der Waals surface area contributed by atoms with Crippen molar-refractivity contribution in [3.63, 3.8) is 0 Å². The molecule has 2 aliphatic rings. The van der Waals surface area contributed by atoms with Crippen LogP contribution in [0.15, 0.2) is 0 Å². The molecule has 0 unspecified atom stereocenters. The van der Waals surface area contributed by atoms with Gasteiger partial charge in [-0.3, -0.25) is 10.9 Å². The average molecular weight is 254 g/mol. The highest BCUT2D eigenvalue weighted by Gasteiger charge is 2.38. The SMILES string of the molecule is C1CCC2(CC1)CCNN2.O=C(O)C(F)(F)F. The van der Waals surface area contributed by atoms with Crippen molar-refractivity contribution in [2.75, 3.05) is 6.54 Å². The minimum absolute atomic E-state index is 0.512. The van der Waals surface area contributed by atoms with Crippen molar-refractivity contribution < 1.29 is 23.1 Å². The summed E-state index contributed by atoms with van der Waals surface area (Å²) in [5.41, 5.74) is 7.17. The van der Waals surface area contributed by atoms with E-state index in [9.17, 15) is 13.2 Å². The van der Waals surface area contributed by atoms with Crippen LogP contribution in [0, 0.1) is 0 Å². The van der Waals surface area contributed by atoms with Crippen LogP contribution < -0.4 is 10.9 Å².